The molecule has 0 radical (unpaired) electrons. The molecule has 1 saturated heterocycles. The van der Waals surface area contributed by atoms with Crippen LogP contribution in [0, 0.1) is 6.92 Å². The molecule has 2 N–H and O–H groups in total. The minimum Gasteiger partial charge on any atom is -0.454 e. The highest BCUT2D eigenvalue weighted by Gasteiger charge is 2.38. The average molecular weight is 395 g/mol. The number of benzene rings is 2. The van der Waals surface area contributed by atoms with Crippen LogP contribution in [0.3, 0.4) is 0 Å². The van der Waals surface area contributed by atoms with E-state index in [1.54, 1.807) is 24.3 Å². The van der Waals surface area contributed by atoms with Crippen molar-refractivity contribution in [3.05, 3.63) is 53.6 Å². The minimum atomic E-state index is -0.709. The first-order valence-corrected chi connectivity index (χ1v) is 9.36. The number of fused-ring (bicyclic) bond motifs is 1. The fourth-order valence-corrected chi connectivity index (χ4v) is 3.37. The zero-order chi connectivity index (χ0) is 20.4. The van der Waals surface area contributed by atoms with Crippen LogP contribution < -0.4 is 20.1 Å². The Kier molecular flexibility index (Phi) is 5.07. The molecule has 150 valence electrons. The summed E-state index contributed by atoms with van der Waals surface area (Å²) in [5, 5.41) is 5.46. The Morgan fingerprint density at radius 2 is 2.00 bits per heavy atom. The number of rotatable bonds is 6. The molecule has 8 heteroatoms. The quantitative estimate of drug-likeness (QED) is 0.733. The number of nitrogens with one attached hydrogen (secondary N) is 2. The van der Waals surface area contributed by atoms with Gasteiger partial charge in [-0.1, -0.05) is 18.2 Å². The Balaban J connectivity index is 1.32. The van der Waals surface area contributed by atoms with Gasteiger partial charge >= 0.3 is 6.03 Å². The Labute approximate surface area is 167 Å². The first kappa shape index (κ1) is 18.8. The highest BCUT2D eigenvalue weighted by molar-refractivity contribution is 6.04. The van der Waals surface area contributed by atoms with Crippen molar-refractivity contribution in [2.24, 2.45) is 0 Å². The van der Waals surface area contributed by atoms with Crippen molar-refractivity contribution in [1.82, 2.24) is 10.2 Å². The van der Waals surface area contributed by atoms with E-state index in [9.17, 15) is 14.4 Å². The monoisotopic (exact) mass is 395 g/mol. The number of hydrogen-bond donors (Lipinski definition) is 2. The number of urea groups is 1. The normalized spacial score (nSPS) is 17.4. The summed E-state index contributed by atoms with van der Waals surface area (Å²) in [6.07, 6.45) is 0.363. The van der Waals surface area contributed by atoms with Crippen LogP contribution in [0.2, 0.25) is 0 Å². The van der Waals surface area contributed by atoms with Gasteiger partial charge in [-0.2, -0.15) is 0 Å². The number of ether oxygens (including phenoxy) is 2. The lowest BCUT2D eigenvalue weighted by Gasteiger charge is -2.13. The molecule has 29 heavy (non-hydrogen) atoms. The van der Waals surface area contributed by atoms with Crippen LogP contribution in [0.4, 0.5) is 10.5 Å². The number of imide groups is 1. The zero-order valence-corrected chi connectivity index (χ0v) is 15.9. The molecule has 4 rings (SSSR count). The second-order valence-corrected chi connectivity index (χ2v) is 7.07. The van der Waals surface area contributed by atoms with Gasteiger partial charge in [0.1, 0.15) is 6.04 Å². The van der Waals surface area contributed by atoms with Gasteiger partial charge in [0.05, 0.1) is 6.54 Å². The molecule has 1 atom stereocenters. The highest BCUT2D eigenvalue weighted by atomic mass is 16.7. The van der Waals surface area contributed by atoms with E-state index in [1.165, 1.54) is 0 Å². The van der Waals surface area contributed by atoms with Gasteiger partial charge in [-0.15, -0.1) is 0 Å². The van der Waals surface area contributed by atoms with Crippen molar-refractivity contribution in [2.75, 3.05) is 12.1 Å². The van der Waals surface area contributed by atoms with Gasteiger partial charge in [0.2, 0.25) is 12.7 Å². The first-order valence-electron chi connectivity index (χ1n) is 9.36. The summed E-state index contributed by atoms with van der Waals surface area (Å²) in [4.78, 5) is 38.2. The molecule has 2 aromatic rings. The molecule has 0 unspecified atom stereocenters. The molecule has 2 aliphatic rings. The van der Waals surface area contributed by atoms with Gasteiger partial charge in [-0.05, 0) is 48.7 Å². The molecule has 0 spiro atoms. The summed E-state index contributed by atoms with van der Waals surface area (Å²) in [6.45, 7) is 2.24. The number of nitrogens with zero attached hydrogens (tertiary/aromatic N) is 1. The van der Waals surface area contributed by atoms with E-state index in [4.69, 9.17) is 9.47 Å². The highest BCUT2D eigenvalue weighted by Crippen LogP contribution is 2.33. The van der Waals surface area contributed by atoms with Gasteiger partial charge in [0.25, 0.3) is 5.91 Å². The summed E-state index contributed by atoms with van der Waals surface area (Å²) >= 11 is 0. The van der Waals surface area contributed by atoms with Crippen LogP contribution >= 0.6 is 0 Å². The molecule has 2 aliphatic heterocycles. The maximum atomic E-state index is 12.6. The van der Waals surface area contributed by atoms with E-state index in [1.807, 2.05) is 25.1 Å². The van der Waals surface area contributed by atoms with Crippen molar-refractivity contribution in [1.29, 1.82) is 0 Å². The summed E-state index contributed by atoms with van der Waals surface area (Å²) in [7, 11) is 0. The topological polar surface area (TPSA) is 97.0 Å². The van der Waals surface area contributed by atoms with Gasteiger partial charge in [0.15, 0.2) is 11.5 Å². The SMILES string of the molecule is Cc1cccc(NC(=O)CC[C@H]2NC(=O)N(Cc3ccc4c(c3)OCO4)C2=O)c1. The lowest BCUT2D eigenvalue weighted by molar-refractivity contribution is -0.128. The fourth-order valence-electron chi connectivity index (χ4n) is 3.37. The standard InChI is InChI=1S/C21H21N3O5/c1-13-3-2-4-15(9-13)22-19(25)8-6-16-20(26)24(21(27)23-16)11-14-5-7-17-18(10-14)29-12-28-17/h2-5,7,9-10,16H,6,8,11-12H2,1H3,(H,22,25)(H,23,27)/t16-/m1/s1. The fraction of sp³-hybridized carbons (Fsp3) is 0.286. The van der Waals surface area contributed by atoms with Crippen LogP contribution in [0.25, 0.3) is 0 Å². The molecular weight excluding hydrogens is 374 g/mol. The smallest absolute Gasteiger partial charge is 0.325 e. The second-order valence-electron chi connectivity index (χ2n) is 7.07. The van der Waals surface area contributed by atoms with Crippen molar-refractivity contribution in [2.45, 2.75) is 32.4 Å². The van der Waals surface area contributed by atoms with Crippen LogP contribution in [0.5, 0.6) is 11.5 Å². The number of hydrogen-bond acceptors (Lipinski definition) is 5. The average Bonchev–Trinajstić information content (AvgIpc) is 3.26. The van der Waals surface area contributed by atoms with Crippen molar-refractivity contribution in [3.8, 4) is 11.5 Å². The number of carbonyl (C=O) groups excluding carboxylic acids is 3. The van der Waals surface area contributed by atoms with Crippen LogP contribution in [-0.2, 0) is 16.1 Å². The Morgan fingerprint density at radius 1 is 1.17 bits per heavy atom. The lowest BCUT2D eigenvalue weighted by Crippen LogP contribution is -2.31. The summed E-state index contributed by atoms with van der Waals surface area (Å²) in [6, 6.07) is 11.6. The number of aryl methyl sites for hydroxylation is 1. The molecular formula is C21H21N3O5. The van der Waals surface area contributed by atoms with Crippen LogP contribution in [0.1, 0.15) is 24.0 Å². The van der Waals surface area contributed by atoms with E-state index in [-0.39, 0.29) is 38.0 Å². The number of amides is 4. The van der Waals surface area contributed by atoms with Crippen LogP contribution in [-0.4, -0.2) is 35.6 Å². The minimum absolute atomic E-state index is 0.127. The predicted octanol–water partition coefficient (Wildman–Crippen LogP) is 2.56. The van der Waals surface area contributed by atoms with E-state index in [2.05, 4.69) is 10.6 Å². The number of carbonyl (C=O) groups is 3. The summed E-state index contributed by atoms with van der Waals surface area (Å²) in [5.74, 6) is 0.699. The lowest BCUT2D eigenvalue weighted by atomic mass is 10.1. The summed E-state index contributed by atoms with van der Waals surface area (Å²) < 4.78 is 10.6. The Morgan fingerprint density at radius 3 is 2.83 bits per heavy atom. The second kappa shape index (κ2) is 7.83. The molecule has 0 bridgehead atoms. The van der Waals surface area contributed by atoms with Crippen LogP contribution in [0.15, 0.2) is 42.5 Å². The van der Waals surface area contributed by atoms with Crippen molar-refractivity contribution in [3.63, 3.8) is 0 Å². The molecule has 4 amide bonds. The third-order valence-electron chi connectivity index (χ3n) is 4.85. The molecule has 0 saturated carbocycles. The molecule has 8 nitrogen and oxygen atoms in total. The molecule has 0 aliphatic carbocycles. The molecule has 2 aromatic carbocycles. The third-order valence-corrected chi connectivity index (χ3v) is 4.85. The Bertz CT molecular complexity index is 975. The molecule has 0 aromatic heterocycles. The zero-order valence-electron chi connectivity index (χ0n) is 15.9. The number of anilines is 1. The maximum absolute atomic E-state index is 12.6. The van der Waals surface area contributed by atoms with Gasteiger partial charge in [0, 0.05) is 12.1 Å². The van der Waals surface area contributed by atoms with Crippen molar-refractivity contribution < 1.29 is 23.9 Å². The van der Waals surface area contributed by atoms with E-state index in [0.29, 0.717) is 17.2 Å². The van der Waals surface area contributed by atoms with E-state index >= 15 is 0 Å². The predicted molar refractivity (Wildman–Crippen MR) is 104 cm³/mol. The Hall–Kier alpha value is -3.55. The van der Waals surface area contributed by atoms with Gasteiger partial charge < -0.3 is 20.1 Å². The maximum Gasteiger partial charge on any atom is 0.325 e. The van der Waals surface area contributed by atoms with Gasteiger partial charge in [-0.25, -0.2) is 4.79 Å². The van der Waals surface area contributed by atoms with E-state index in [0.717, 1.165) is 16.0 Å². The molecule has 1 fully saturated rings. The largest absolute Gasteiger partial charge is 0.454 e. The van der Waals surface area contributed by atoms with Gasteiger partial charge in [-0.3, -0.25) is 14.5 Å². The first-order chi connectivity index (χ1) is 14.0. The van der Waals surface area contributed by atoms with Crippen molar-refractivity contribution >= 4 is 23.5 Å². The third kappa shape index (κ3) is 4.16. The van der Waals surface area contributed by atoms with E-state index < -0.39 is 12.1 Å². The molecule has 2 heterocycles. The summed E-state index contributed by atoms with van der Waals surface area (Å²) in [5.41, 5.74) is 2.51.